The highest BCUT2D eigenvalue weighted by molar-refractivity contribution is 6.07. The zero-order chi connectivity index (χ0) is 25.2. The topological polar surface area (TPSA) is 93.9 Å². The second-order valence-electron chi connectivity index (χ2n) is 9.42. The first kappa shape index (κ1) is 25.2. The van der Waals surface area contributed by atoms with Crippen molar-refractivity contribution in [1.82, 2.24) is 5.16 Å². The predicted molar refractivity (Wildman–Crippen MR) is 120 cm³/mol. The summed E-state index contributed by atoms with van der Waals surface area (Å²) in [6.45, 7) is 4.89. The van der Waals surface area contributed by atoms with Crippen LogP contribution in [0.3, 0.4) is 0 Å². The molecule has 0 radical (unpaired) electrons. The first-order valence-electron chi connectivity index (χ1n) is 11.6. The van der Waals surface area contributed by atoms with Gasteiger partial charge in [-0.15, -0.1) is 0 Å². The van der Waals surface area contributed by atoms with Gasteiger partial charge in [0, 0.05) is 30.2 Å². The highest BCUT2D eigenvalue weighted by Gasteiger charge is 2.38. The highest BCUT2D eigenvalue weighted by atomic mass is 19.4. The molecule has 11 heteroatoms. The fourth-order valence-corrected chi connectivity index (χ4v) is 4.14. The fourth-order valence-electron chi connectivity index (χ4n) is 4.14. The Labute approximate surface area is 200 Å². The van der Waals surface area contributed by atoms with Crippen LogP contribution < -0.4 is 10.2 Å². The first-order valence-corrected chi connectivity index (χ1v) is 11.6. The number of anilines is 2. The molecule has 8 nitrogen and oxygen atoms in total. The van der Waals surface area contributed by atoms with E-state index >= 15 is 0 Å². The van der Waals surface area contributed by atoms with Gasteiger partial charge in [0.05, 0.1) is 17.9 Å². The van der Waals surface area contributed by atoms with Gasteiger partial charge in [0.25, 0.3) is 0 Å². The van der Waals surface area contributed by atoms with Crippen LogP contribution in [0.5, 0.6) is 0 Å². The molecule has 0 saturated carbocycles. The van der Waals surface area contributed by atoms with Gasteiger partial charge >= 0.3 is 6.18 Å². The maximum absolute atomic E-state index is 12.9. The molecule has 1 unspecified atom stereocenters. The molecular weight excluding hydrogens is 467 g/mol. The second-order valence-corrected chi connectivity index (χ2v) is 9.42. The molecule has 2 fully saturated rings. The number of hydrogen-bond acceptors (Lipinski definition) is 6. The van der Waals surface area contributed by atoms with Gasteiger partial charge < -0.3 is 14.0 Å². The Morgan fingerprint density at radius 3 is 2.60 bits per heavy atom. The summed E-state index contributed by atoms with van der Waals surface area (Å²) in [5.41, 5.74) is -0.541. The molecule has 190 valence electrons. The maximum atomic E-state index is 12.9. The summed E-state index contributed by atoms with van der Waals surface area (Å²) in [7, 11) is 0. The molecule has 0 spiro atoms. The average Bonchev–Trinajstić information content (AvgIpc) is 3.45. The SMILES string of the molecule is CC(C)(CO[C@H]1CCCCO1)c1cc(NC(=O)C2CCC(=O)N2c2ccc(C(F)(F)F)cc2)on1. The lowest BCUT2D eigenvalue weighted by atomic mass is 9.90. The molecule has 2 aromatic rings. The number of benzene rings is 1. The summed E-state index contributed by atoms with van der Waals surface area (Å²) in [5, 5.41) is 6.69. The average molecular weight is 495 g/mol. The smallest absolute Gasteiger partial charge is 0.353 e. The molecule has 0 aliphatic carbocycles. The van der Waals surface area contributed by atoms with E-state index in [0.29, 0.717) is 18.9 Å². The zero-order valence-corrected chi connectivity index (χ0v) is 19.6. The molecule has 2 aliphatic rings. The molecule has 2 amide bonds. The number of ether oxygens (including phenoxy) is 2. The number of amides is 2. The van der Waals surface area contributed by atoms with Crippen molar-refractivity contribution in [3.8, 4) is 0 Å². The van der Waals surface area contributed by atoms with Crippen LogP contribution in [-0.4, -0.2) is 42.5 Å². The third-order valence-corrected chi connectivity index (χ3v) is 6.21. The Morgan fingerprint density at radius 1 is 1.20 bits per heavy atom. The predicted octanol–water partition coefficient (Wildman–Crippen LogP) is 4.65. The van der Waals surface area contributed by atoms with Gasteiger partial charge in [-0.05, 0) is 49.9 Å². The monoisotopic (exact) mass is 495 g/mol. The van der Waals surface area contributed by atoms with E-state index in [1.54, 1.807) is 6.07 Å². The van der Waals surface area contributed by atoms with Crippen molar-refractivity contribution in [2.24, 2.45) is 0 Å². The van der Waals surface area contributed by atoms with E-state index in [2.05, 4.69) is 10.5 Å². The summed E-state index contributed by atoms with van der Waals surface area (Å²) < 4.78 is 55.4. The quantitative estimate of drug-likeness (QED) is 0.601. The Bertz CT molecular complexity index is 1050. The van der Waals surface area contributed by atoms with Gasteiger partial charge in [0.15, 0.2) is 6.29 Å². The molecule has 1 aromatic carbocycles. The van der Waals surface area contributed by atoms with Crippen LogP contribution in [0, 0.1) is 0 Å². The molecule has 3 heterocycles. The molecule has 2 aliphatic heterocycles. The first-order chi connectivity index (χ1) is 16.5. The van der Waals surface area contributed by atoms with E-state index in [-0.39, 0.29) is 36.6 Å². The number of rotatable bonds is 7. The van der Waals surface area contributed by atoms with Gasteiger partial charge in [0.1, 0.15) is 6.04 Å². The minimum Gasteiger partial charge on any atom is -0.353 e. The number of aromatic nitrogens is 1. The largest absolute Gasteiger partial charge is 0.416 e. The van der Waals surface area contributed by atoms with Crippen LogP contribution in [0.1, 0.15) is 57.2 Å². The summed E-state index contributed by atoms with van der Waals surface area (Å²) in [6.07, 6.45) is -1.48. The lowest BCUT2D eigenvalue weighted by Crippen LogP contribution is -2.41. The van der Waals surface area contributed by atoms with E-state index in [9.17, 15) is 22.8 Å². The Morgan fingerprint density at radius 2 is 1.94 bits per heavy atom. The van der Waals surface area contributed by atoms with Gasteiger partial charge in [-0.1, -0.05) is 19.0 Å². The number of alkyl halides is 3. The number of halogens is 3. The lowest BCUT2D eigenvalue weighted by molar-refractivity contribution is -0.170. The minimum absolute atomic E-state index is 0.106. The standard InChI is InChI=1S/C24H28F3N3O5/c1-23(2,14-34-21-5-3-4-12-33-21)18-13-19(35-29-18)28-22(32)17-10-11-20(31)30(17)16-8-6-15(7-9-16)24(25,26)27/h6-9,13,17,21H,3-5,10-12,14H2,1-2H3,(H,28,32)/t17?,21-/m0/s1. The van der Waals surface area contributed by atoms with E-state index in [4.69, 9.17) is 14.0 Å². The maximum Gasteiger partial charge on any atom is 0.416 e. The van der Waals surface area contributed by atoms with Gasteiger partial charge in [-0.25, -0.2) is 0 Å². The van der Waals surface area contributed by atoms with E-state index in [1.807, 2.05) is 13.8 Å². The Hall–Kier alpha value is -2.92. The van der Waals surface area contributed by atoms with Crippen LogP contribution in [0.4, 0.5) is 24.7 Å². The second kappa shape index (κ2) is 9.98. The van der Waals surface area contributed by atoms with Gasteiger partial charge in [-0.3, -0.25) is 19.8 Å². The van der Waals surface area contributed by atoms with Crippen molar-refractivity contribution in [2.75, 3.05) is 23.4 Å². The van der Waals surface area contributed by atoms with Crippen molar-refractivity contribution in [1.29, 1.82) is 0 Å². The molecule has 2 atom stereocenters. The fraction of sp³-hybridized carbons (Fsp3) is 0.542. The van der Waals surface area contributed by atoms with Crippen molar-refractivity contribution < 1.29 is 36.8 Å². The lowest BCUT2D eigenvalue weighted by Gasteiger charge is -2.28. The molecule has 4 rings (SSSR count). The highest BCUT2D eigenvalue weighted by Crippen LogP contribution is 2.33. The Kier molecular flexibility index (Phi) is 7.18. The number of carbonyl (C=O) groups excluding carboxylic acids is 2. The normalized spacial score (nSPS) is 21.4. The van der Waals surface area contributed by atoms with Crippen molar-refractivity contribution in [2.45, 2.75) is 69.9 Å². The van der Waals surface area contributed by atoms with Crippen LogP contribution in [0.15, 0.2) is 34.9 Å². The minimum atomic E-state index is -4.49. The van der Waals surface area contributed by atoms with Crippen LogP contribution in [-0.2, 0) is 30.7 Å². The molecule has 1 N–H and O–H groups in total. The number of nitrogens with zero attached hydrogens (tertiary/aromatic N) is 2. The Balaban J connectivity index is 1.40. The van der Waals surface area contributed by atoms with Crippen molar-refractivity contribution in [3.05, 3.63) is 41.6 Å². The molecular formula is C24H28F3N3O5. The van der Waals surface area contributed by atoms with E-state index in [1.165, 1.54) is 17.0 Å². The van der Waals surface area contributed by atoms with Gasteiger partial charge in [0.2, 0.25) is 17.7 Å². The molecule has 35 heavy (non-hydrogen) atoms. The summed E-state index contributed by atoms with van der Waals surface area (Å²) in [4.78, 5) is 26.6. The van der Waals surface area contributed by atoms with Crippen molar-refractivity contribution >= 4 is 23.4 Å². The summed E-state index contributed by atoms with van der Waals surface area (Å²) in [6, 6.07) is 4.88. The summed E-state index contributed by atoms with van der Waals surface area (Å²) >= 11 is 0. The number of carbonyl (C=O) groups is 2. The van der Waals surface area contributed by atoms with E-state index < -0.39 is 29.1 Å². The summed E-state index contributed by atoms with van der Waals surface area (Å²) in [5.74, 6) is -0.742. The van der Waals surface area contributed by atoms with Crippen molar-refractivity contribution in [3.63, 3.8) is 0 Å². The molecule has 2 saturated heterocycles. The molecule has 0 bridgehead atoms. The molecule has 1 aromatic heterocycles. The van der Waals surface area contributed by atoms with Crippen LogP contribution >= 0.6 is 0 Å². The van der Waals surface area contributed by atoms with Crippen LogP contribution in [0.25, 0.3) is 0 Å². The number of hydrogen-bond donors (Lipinski definition) is 1. The van der Waals surface area contributed by atoms with E-state index in [0.717, 1.165) is 31.4 Å². The third kappa shape index (κ3) is 5.84. The zero-order valence-electron chi connectivity index (χ0n) is 19.6. The number of nitrogens with one attached hydrogen (secondary N) is 1. The van der Waals surface area contributed by atoms with Gasteiger partial charge in [-0.2, -0.15) is 13.2 Å². The van der Waals surface area contributed by atoms with Crippen LogP contribution in [0.2, 0.25) is 0 Å². The third-order valence-electron chi connectivity index (χ3n) is 6.21.